The quantitative estimate of drug-likeness (QED) is 0.848. The van der Waals surface area contributed by atoms with Gasteiger partial charge >= 0.3 is 0 Å². The number of hydrogen-bond donors (Lipinski definition) is 2. The lowest BCUT2D eigenvalue weighted by Crippen LogP contribution is -2.39. The van der Waals surface area contributed by atoms with Crippen LogP contribution in [0.15, 0.2) is 29.2 Å². The van der Waals surface area contributed by atoms with Crippen LogP contribution in [0.25, 0.3) is 0 Å². The first-order valence-electron chi connectivity index (χ1n) is 7.31. The van der Waals surface area contributed by atoms with E-state index in [1.807, 2.05) is 26.0 Å². The SMILES string of the molecule is CC(C)C(CCO)NS(=O)(=O)c1ccc(C(C)(C)C)cc1. The lowest BCUT2D eigenvalue weighted by molar-refractivity contribution is 0.256. The molecule has 0 radical (unpaired) electrons. The smallest absolute Gasteiger partial charge is 0.240 e. The van der Waals surface area contributed by atoms with Crippen LogP contribution in [0.1, 0.15) is 46.6 Å². The summed E-state index contributed by atoms with van der Waals surface area (Å²) in [6.07, 6.45) is 0.414. The van der Waals surface area contributed by atoms with Gasteiger partial charge in [-0.25, -0.2) is 13.1 Å². The van der Waals surface area contributed by atoms with Crippen molar-refractivity contribution in [2.75, 3.05) is 6.61 Å². The summed E-state index contributed by atoms with van der Waals surface area (Å²) in [5.41, 5.74) is 1.09. The van der Waals surface area contributed by atoms with Crippen LogP contribution in [0, 0.1) is 5.92 Å². The summed E-state index contributed by atoms with van der Waals surface area (Å²) in [5.74, 6) is 0.126. The van der Waals surface area contributed by atoms with Crippen molar-refractivity contribution in [3.05, 3.63) is 29.8 Å². The zero-order chi connectivity index (χ0) is 16.3. The molecule has 0 amide bonds. The standard InChI is InChI=1S/C16H27NO3S/c1-12(2)15(10-11-18)17-21(19,20)14-8-6-13(7-9-14)16(3,4)5/h6-9,12,15,17-18H,10-11H2,1-5H3. The highest BCUT2D eigenvalue weighted by atomic mass is 32.2. The average Bonchev–Trinajstić information content (AvgIpc) is 2.37. The minimum absolute atomic E-state index is 0.00687. The summed E-state index contributed by atoms with van der Waals surface area (Å²) in [6.45, 7) is 10.1. The van der Waals surface area contributed by atoms with Crippen molar-refractivity contribution in [2.45, 2.75) is 57.4 Å². The van der Waals surface area contributed by atoms with Crippen LogP contribution in [0.3, 0.4) is 0 Å². The van der Waals surface area contributed by atoms with Crippen LogP contribution in [-0.4, -0.2) is 26.2 Å². The van der Waals surface area contributed by atoms with Crippen LogP contribution < -0.4 is 4.72 Å². The Balaban J connectivity index is 2.97. The zero-order valence-corrected chi connectivity index (χ0v) is 14.4. The van der Waals surface area contributed by atoms with Crippen molar-refractivity contribution < 1.29 is 13.5 Å². The molecular formula is C16H27NO3S. The molecule has 0 fully saturated rings. The maximum Gasteiger partial charge on any atom is 0.240 e. The predicted octanol–water partition coefficient (Wildman–Crippen LogP) is 2.67. The Morgan fingerprint density at radius 1 is 1.14 bits per heavy atom. The first-order chi connectivity index (χ1) is 9.58. The summed E-state index contributed by atoms with van der Waals surface area (Å²) in [4.78, 5) is 0.263. The molecule has 4 nitrogen and oxygen atoms in total. The molecule has 1 aromatic carbocycles. The van der Waals surface area contributed by atoms with E-state index in [0.29, 0.717) is 6.42 Å². The molecule has 0 aliphatic carbocycles. The Hall–Kier alpha value is -0.910. The normalized spacial score (nSPS) is 14.4. The molecule has 0 aromatic heterocycles. The monoisotopic (exact) mass is 313 g/mol. The third kappa shape index (κ3) is 5.09. The highest BCUT2D eigenvalue weighted by Gasteiger charge is 2.22. The van der Waals surface area contributed by atoms with E-state index in [2.05, 4.69) is 25.5 Å². The fourth-order valence-corrected chi connectivity index (χ4v) is 3.49. The van der Waals surface area contributed by atoms with Gasteiger partial charge in [0.1, 0.15) is 0 Å². The fourth-order valence-electron chi connectivity index (χ4n) is 2.07. The minimum atomic E-state index is -3.55. The van der Waals surface area contributed by atoms with Gasteiger partial charge in [0, 0.05) is 12.6 Å². The third-order valence-corrected chi connectivity index (χ3v) is 5.09. The molecule has 21 heavy (non-hydrogen) atoms. The fraction of sp³-hybridized carbons (Fsp3) is 0.625. The second-order valence-corrected chi connectivity index (χ2v) is 8.47. The molecule has 0 aliphatic heterocycles. The molecule has 0 saturated heterocycles. The molecule has 0 bridgehead atoms. The maximum absolute atomic E-state index is 12.4. The molecule has 0 spiro atoms. The van der Waals surface area contributed by atoms with Gasteiger partial charge in [-0.3, -0.25) is 0 Å². The van der Waals surface area contributed by atoms with Crippen molar-refractivity contribution >= 4 is 10.0 Å². The largest absolute Gasteiger partial charge is 0.396 e. The number of rotatable bonds is 6. The van der Waals surface area contributed by atoms with E-state index in [0.717, 1.165) is 5.56 Å². The van der Waals surface area contributed by atoms with E-state index in [-0.39, 0.29) is 28.9 Å². The van der Waals surface area contributed by atoms with E-state index in [1.165, 1.54) is 0 Å². The topological polar surface area (TPSA) is 66.4 Å². The van der Waals surface area contributed by atoms with Gasteiger partial charge in [0.25, 0.3) is 0 Å². The highest BCUT2D eigenvalue weighted by Crippen LogP contribution is 2.23. The molecule has 1 atom stereocenters. The van der Waals surface area contributed by atoms with Crippen LogP contribution in [0.5, 0.6) is 0 Å². The Kier molecular flexibility index (Phi) is 5.96. The average molecular weight is 313 g/mol. The summed E-state index contributed by atoms with van der Waals surface area (Å²) in [5, 5.41) is 9.04. The number of aliphatic hydroxyl groups excluding tert-OH is 1. The van der Waals surface area contributed by atoms with Crippen LogP contribution in [-0.2, 0) is 15.4 Å². The Bertz CT molecular complexity index is 542. The third-order valence-electron chi connectivity index (χ3n) is 3.58. The van der Waals surface area contributed by atoms with Crippen LogP contribution >= 0.6 is 0 Å². The van der Waals surface area contributed by atoms with Crippen molar-refractivity contribution in [1.29, 1.82) is 0 Å². The summed E-state index contributed by atoms with van der Waals surface area (Å²) >= 11 is 0. The molecule has 0 saturated carbocycles. The van der Waals surface area contributed by atoms with Gasteiger partial charge in [-0.05, 0) is 35.4 Å². The predicted molar refractivity (Wildman–Crippen MR) is 85.8 cm³/mol. The van der Waals surface area contributed by atoms with Crippen molar-refractivity contribution in [3.63, 3.8) is 0 Å². The first kappa shape index (κ1) is 18.1. The Labute approximate surface area is 128 Å². The summed E-state index contributed by atoms with van der Waals surface area (Å²) < 4.78 is 27.5. The van der Waals surface area contributed by atoms with Crippen LogP contribution in [0.2, 0.25) is 0 Å². The summed E-state index contributed by atoms with van der Waals surface area (Å²) in [7, 11) is -3.55. The van der Waals surface area contributed by atoms with Gasteiger partial charge in [-0.1, -0.05) is 46.8 Å². The Morgan fingerprint density at radius 3 is 2.05 bits per heavy atom. The van der Waals surface area contributed by atoms with E-state index in [4.69, 9.17) is 5.11 Å². The molecule has 0 aliphatic rings. The maximum atomic E-state index is 12.4. The van der Waals surface area contributed by atoms with Gasteiger partial charge in [0.2, 0.25) is 10.0 Å². The van der Waals surface area contributed by atoms with E-state index < -0.39 is 10.0 Å². The zero-order valence-electron chi connectivity index (χ0n) is 13.6. The van der Waals surface area contributed by atoms with E-state index >= 15 is 0 Å². The lowest BCUT2D eigenvalue weighted by atomic mass is 9.87. The minimum Gasteiger partial charge on any atom is -0.396 e. The van der Waals surface area contributed by atoms with Gasteiger partial charge in [0.05, 0.1) is 4.90 Å². The van der Waals surface area contributed by atoms with Crippen molar-refractivity contribution in [2.24, 2.45) is 5.92 Å². The molecule has 120 valence electrons. The highest BCUT2D eigenvalue weighted by molar-refractivity contribution is 7.89. The van der Waals surface area contributed by atoms with Gasteiger partial charge < -0.3 is 5.11 Å². The Morgan fingerprint density at radius 2 is 1.67 bits per heavy atom. The van der Waals surface area contributed by atoms with Gasteiger partial charge in [-0.15, -0.1) is 0 Å². The molecule has 1 unspecified atom stereocenters. The number of hydrogen-bond acceptors (Lipinski definition) is 3. The molecular weight excluding hydrogens is 286 g/mol. The van der Waals surface area contributed by atoms with Crippen LogP contribution in [0.4, 0.5) is 0 Å². The molecule has 1 aromatic rings. The second-order valence-electron chi connectivity index (χ2n) is 6.76. The van der Waals surface area contributed by atoms with Gasteiger partial charge in [-0.2, -0.15) is 0 Å². The molecule has 0 heterocycles. The summed E-state index contributed by atoms with van der Waals surface area (Å²) in [6, 6.07) is 6.72. The number of aliphatic hydroxyl groups is 1. The molecule has 2 N–H and O–H groups in total. The second kappa shape index (κ2) is 6.90. The van der Waals surface area contributed by atoms with Crippen molar-refractivity contribution in [3.8, 4) is 0 Å². The van der Waals surface area contributed by atoms with Crippen molar-refractivity contribution in [1.82, 2.24) is 4.72 Å². The number of sulfonamides is 1. The van der Waals surface area contributed by atoms with E-state index in [1.54, 1.807) is 12.1 Å². The molecule has 5 heteroatoms. The van der Waals surface area contributed by atoms with E-state index in [9.17, 15) is 8.42 Å². The lowest BCUT2D eigenvalue weighted by Gasteiger charge is -2.22. The molecule has 1 rings (SSSR count). The number of benzene rings is 1. The number of nitrogens with one attached hydrogen (secondary N) is 1. The van der Waals surface area contributed by atoms with Gasteiger partial charge in [0.15, 0.2) is 0 Å². The first-order valence-corrected chi connectivity index (χ1v) is 8.80.